The lowest BCUT2D eigenvalue weighted by Gasteiger charge is -2.22. The Labute approximate surface area is 197 Å². The smallest absolute Gasteiger partial charge is 0.253 e. The number of benzene rings is 2. The van der Waals surface area contributed by atoms with Crippen LogP contribution >= 0.6 is 0 Å². The molecule has 1 saturated heterocycles. The number of aromatic nitrogens is 1. The molecule has 0 spiro atoms. The number of halogens is 1. The molecule has 0 bridgehead atoms. The first-order valence-electron chi connectivity index (χ1n) is 11.4. The van der Waals surface area contributed by atoms with Crippen molar-refractivity contribution in [1.82, 2.24) is 15.2 Å². The van der Waals surface area contributed by atoms with E-state index in [2.05, 4.69) is 15.6 Å². The summed E-state index contributed by atoms with van der Waals surface area (Å²) in [5.41, 5.74) is 2.15. The Hall–Kier alpha value is -3.68. The zero-order chi connectivity index (χ0) is 24.5. The van der Waals surface area contributed by atoms with Crippen molar-refractivity contribution in [3.8, 4) is 0 Å². The summed E-state index contributed by atoms with van der Waals surface area (Å²) in [5.74, 6) is -1.47. The number of para-hydroxylation sites is 1. The van der Waals surface area contributed by atoms with E-state index in [4.69, 9.17) is 0 Å². The van der Waals surface area contributed by atoms with E-state index in [1.54, 1.807) is 35.2 Å². The molecular formula is C26H29FN4O3. The van der Waals surface area contributed by atoms with Gasteiger partial charge in [0.05, 0.1) is 17.2 Å². The zero-order valence-electron chi connectivity index (χ0n) is 19.6. The first kappa shape index (κ1) is 23.5. The van der Waals surface area contributed by atoms with Gasteiger partial charge in [0, 0.05) is 42.1 Å². The van der Waals surface area contributed by atoms with E-state index >= 15 is 0 Å². The van der Waals surface area contributed by atoms with Crippen molar-refractivity contribution in [1.29, 1.82) is 0 Å². The SMILES string of the molecule is CC(C)(C)NC(=O)c1ccccc1NC(=O)C1CC(=O)N(CCc2c[nH]c3ccc(F)cc23)C1. The Balaban J connectivity index is 1.39. The monoisotopic (exact) mass is 464 g/mol. The first-order chi connectivity index (χ1) is 16.1. The predicted molar refractivity (Wildman–Crippen MR) is 129 cm³/mol. The Morgan fingerprint density at radius 3 is 2.71 bits per heavy atom. The molecule has 1 atom stereocenters. The number of amides is 3. The van der Waals surface area contributed by atoms with Crippen LogP contribution in [0.15, 0.2) is 48.7 Å². The molecule has 8 heteroatoms. The van der Waals surface area contributed by atoms with E-state index in [-0.39, 0.29) is 30.0 Å². The van der Waals surface area contributed by atoms with Gasteiger partial charge in [-0.3, -0.25) is 14.4 Å². The molecule has 34 heavy (non-hydrogen) atoms. The lowest BCUT2D eigenvalue weighted by molar-refractivity contribution is -0.128. The molecule has 0 radical (unpaired) electrons. The molecule has 3 aromatic rings. The highest BCUT2D eigenvalue weighted by atomic mass is 19.1. The van der Waals surface area contributed by atoms with Gasteiger partial charge in [0.25, 0.3) is 5.91 Å². The van der Waals surface area contributed by atoms with Crippen molar-refractivity contribution >= 4 is 34.3 Å². The van der Waals surface area contributed by atoms with Gasteiger partial charge in [0.2, 0.25) is 11.8 Å². The maximum atomic E-state index is 13.6. The molecule has 0 saturated carbocycles. The first-order valence-corrected chi connectivity index (χ1v) is 11.4. The van der Waals surface area contributed by atoms with Crippen LogP contribution in [0.25, 0.3) is 10.9 Å². The normalized spacial score (nSPS) is 16.2. The summed E-state index contributed by atoms with van der Waals surface area (Å²) in [6.07, 6.45) is 2.50. The van der Waals surface area contributed by atoms with Crippen molar-refractivity contribution in [3.05, 3.63) is 65.6 Å². The number of H-pyrrole nitrogens is 1. The number of hydrogen-bond acceptors (Lipinski definition) is 3. The maximum Gasteiger partial charge on any atom is 0.253 e. The number of hydrogen-bond donors (Lipinski definition) is 3. The summed E-state index contributed by atoms with van der Waals surface area (Å²) in [6.45, 7) is 6.40. The largest absolute Gasteiger partial charge is 0.361 e. The summed E-state index contributed by atoms with van der Waals surface area (Å²) in [7, 11) is 0. The molecule has 1 unspecified atom stereocenters. The summed E-state index contributed by atoms with van der Waals surface area (Å²) in [5, 5.41) is 6.53. The van der Waals surface area contributed by atoms with Crippen molar-refractivity contribution in [2.45, 2.75) is 39.2 Å². The molecule has 1 aliphatic heterocycles. The van der Waals surface area contributed by atoms with Gasteiger partial charge in [-0.15, -0.1) is 0 Å². The third-order valence-corrected chi connectivity index (χ3v) is 5.88. The summed E-state index contributed by atoms with van der Waals surface area (Å²) in [6, 6.07) is 11.4. The molecule has 2 aromatic carbocycles. The van der Waals surface area contributed by atoms with Gasteiger partial charge in [-0.05, 0) is 63.1 Å². The van der Waals surface area contributed by atoms with Crippen molar-refractivity contribution in [2.75, 3.05) is 18.4 Å². The van der Waals surface area contributed by atoms with Gasteiger partial charge in [0.15, 0.2) is 0 Å². The minimum absolute atomic E-state index is 0.0927. The Kier molecular flexibility index (Phi) is 6.41. The number of carbonyl (C=O) groups excluding carboxylic acids is 3. The fourth-order valence-corrected chi connectivity index (χ4v) is 4.21. The molecule has 0 aliphatic carbocycles. The van der Waals surface area contributed by atoms with Crippen LogP contribution in [0.2, 0.25) is 0 Å². The van der Waals surface area contributed by atoms with Gasteiger partial charge in [-0.25, -0.2) is 4.39 Å². The molecule has 2 heterocycles. The summed E-state index contributed by atoms with van der Waals surface area (Å²) < 4.78 is 13.6. The van der Waals surface area contributed by atoms with Crippen LogP contribution in [0.4, 0.5) is 10.1 Å². The number of nitrogens with one attached hydrogen (secondary N) is 3. The van der Waals surface area contributed by atoms with Crippen molar-refractivity contribution < 1.29 is 18.8 Å². The average Bonchev–Trinajstić information content (AvgIpc) is 3.34. The van der Waals surface area contributed by atoms with E-state index in [0.29, 0.717) is 30.8 Å². The maximum absolute atomic E-state index is 13.6. The van der Waals surface area contributed by atoms with E-state index in [9.17, 15) is 18.8 Å². The standard InChI is InChI=1S/C26H29FN4O3/c1-26(2,3)30-25(34)19-6-4-5-7-22(19)29-24(33)17-12-23(32)31(15-17)11-10-16-14-28-21-9-8-18(27)13-20(16)21/h4-9,13-14,17,28H,10-12,15H2,1-3H3,(H,29,33)(H,30,34). The fourth-order valence-electron chi connectivity index (χ4n) is 4.21. The average molecular weight is 465 g/mol. The highest BCUT2D eigenvalue weighted by Gasteiger charge is 2.34. The van der Waals surface area contributed by atoms with Crippen LogP contribution in [0, 0.1) is 11.7 Å². The number of likely N-dealkylation sites (tertiary alicyclic amines) is 1. The van der Waals surface area contributed by atoms with Gasteiger partial charge in [-0.2, -0.15) is 0 Å². The third-order valence-electron chi connectivity index (χ3n) is 5.88. The minimum Gasteiger partial charge on any atom is -0.361 e. The van der Waals surface area contributed by atoms with Crippen molar-refractivity contribution in [3.63, 3.8) is 0 Å². The second-order valence-electron chi connectivity index (χ2n) is 9.73. The molecule has 3 amide bonds. The predicted octanol–water partition coefficient (Wildman–Crippen LogP) is 3.87. The van der Waals surface area contributed by atoms with Crippen molar-refractivity contribution in [2.24, 2.45) is 5.92 Å². The molecule has 7 nitrogen and oxygen atoms in total. The van der Waals surface area contributed by atoms with E-state index < -0.39 is 11.5 Å². The number of aromatic amines is 1. The molecular weight excluding hydrogens is 435 g/mol. The van der Waals surface area contributed by atoms with E-state index in [0.717, 1.165) is 16.5 Å². The molecule has 1 aromatic heterocycles. The minimum atomic E-state index is -0.508. The third kappa shape index (κ3) is 5.27. The molecule has 4 rings (SSSR count). The quantitative estimate of drug-likeness (QED) is 0.517. The van der Waals surface area contributed by atoms with Crippen LogP contribution in [0.5, 0.6) is 0 Å². The van der Waals surface area contributed by atoms with Gasteiger partial charge in [-0.1, -0.05) is 12.1 Å². The highest BCUT2D eigenvalue weighted by molar-refractivity contribution is 6.05. The number of fused-ring (bicyclic) bond motifs is 1. The second kappa shape index (κ2) is 9.29. The summed E-state index contributed by atoms with van der Waals surface area (Å²) in [4.78, 5) is 42.9. The number of carbonyl (C=O) groups is 3. The lowest BCUT2D eigenvalue weighted by Crippen LogP contribution is -2.41. The summed E-state index contributed by atoms with van der Waals surface area (Å²) >= 11 is 0. The van der Waals surface area contributed by atoms with Crippen LogP contribution in [-0.2, 0) is 16.0 Å². The Bertz CT molecular complexity index is 1240. The molecule has 3 N–H and O–H groups in total. The fraction of sp³-hybridized carbons (Fsp3) is 0.346. The van der Waals surface area contributed by atoms with Crippen LogP contribution in [0.1, 0.15) is 43.1 Å². The molecule has 178 valence electrons. The number of anilines is 1. The van der Waals surface area contributed by atoms with Gasteiger partial charge >= 0.3 is 0 Å². The van der Waals surface area contributed by atoms with Crippen LogP contribution in [0.3, 0.4) is 0 Å². The molecule has 1 fully saturated rings. The van der Waals surface area contributed by atoms with Crippen LogP contribution in [-0.4, -0.2) is 46.2 Å². The van der Waals surface area contributed by atoms with Gasteiger partial charge in [0.1, 0.15) is 5.82 Å². The molecule has 1 aliphatic rings. The van der Waals surface area contributed by atoms with Gasteiger partial charge < -0.3 is 20.5 Å². The topological polar surface area (TPSA) is 94.3 Å². The Morgan fingerprint density at radius 2 is 1.94 bits per heavy atom. The van der Waals surface area contributed by atoms with E-state index in [1.807, 2.05) is 27.0 Å². The van der Waals surface area contributed by atoms with Crippen LogP contribution < -0.4 is 10.6 Å². The Morgan fingerprint density at radius 1 is 1.18 bits per heavy atom. The second-order valence-corrected chi connectivity index (χ2v) is 9.73. The van der Waals surface area contributed by atoms with E-state index in [1.165, 1.54) is 12.1 Å². The number of nitrogens with zero attached hydrogens (tertiary/aromatic N) is 1. The number of rotatable bonds is 6. The lowest BCUT2D eigenvalue weighted by atomic mass is 10.1. The highest BCUT2D eigenvalue weighted by Crippen LogP contribution is 2.24. The zero-order valence-corrected chi connectivity index (χ0v) is 19.6.